The van der Waals surface area contributed by atoms with Gasteiger partial charge in [0.05, 0.1) is 38.5 Å². The second kappa shape index (κ2) is 16.6. The van der Waals surface area contributed by atoms with Gasteiger partial charge >= 0.3 is 0 Å². The fourth-order valence-corrected chi connectivity index (χ4v) is 6.63. The van der Waals surface area contributed by atoms with Crippen LogP contribution in [0.3, 0.4) is 0 Å². The van der Waals surface area contributed by atoms with Crippen LogP contribution in [-0.4, -0.2) is 72.7 Å². The van der Waals surface area contributed by atoms with Crippen molar-refractivity contribution in [3.8, 4) is 23.0 Å². The number of anilines is 1. The highest BCUT2D eigenvalue weighted by atomic mass is 32.2. The quantitative estimate of drug-likeness (QED) is 0.182. The molecule has 1 unspecified atom stereocenters. The fraction of sp³-hybridized carbons (Fsp3) is 0.278. The van der Waals surface area contributed by atoms with E-state index in [1.807, 2.05) is 43.3 Å². The van der Waals surface area contributed by atoms with Gasteiger partial charge in [0.15, 0.2) is 11.5 Å². The molecule has 4 aromatic rings. The standard InChI is InChI=1S/C36H41N3O8S/c1-6-47-29-17-15-28(16-18-29)39(48(42,43)31-19-20-33(45-4)34(23-31)46-5)25-35(40)38(24-27-13-10-14-30(21-27)44-3)32(36(41)37-2)22-26-11-8-7-9-12-26/h7-21,23,32H,6,22,24-25H2,1-5H3,(H,37,41). The molecule has 0 fully saturated rings. The molecular formula is C36H41N3O8S. The summed E-state index contributed by atoms with van der Waals surface area (Å²) in [5, 5.41) is 2.68. The largest absolute Gasteiger partial charge is 0.497 e. The van der Waals surface area contributed by atoms with Crippen LogP contribution in [0.4, 0.5) is 5.69 Å². The molecule has 0 aromatic heterocycles. The number of hydrogen-bond acceptors (Lipinski definition) is 8. The molecule has 0 saturated heterocycles. The van der Waals surface area contributed by atoms with E-state index >= 15 is 0 Å². The summed E-state index contributed by atoms with van der Waals surface area (Å²) in [5.41, 5.74) is 1.75. The Bertz CT molecular complexity index is 1780. The molecular weight excluding hydrogens is 634 g/mol. The van der Waals surface area contributed by atoms with Crippen molar-refractivity contribution >= 4 is 27.5 Å². The topological polar surface area (TPSA) is 124 Å². The zero-order valence-corrected chi connectivity index (χ0v) is 28.5. The van der Waals surface area contributed by atoms with Crippen LogP contribution >= 0.6 is 0 Å². The number of sulfonamides is 1. The first kappa shape index (κ1) is 35.6. The molecule has 2 amide bonds. The number of hydrogen-bond donors (Lipinski definition) is 1. The Morgan fingerprint density at radius 1 is 0.771 bits per heavy atom. The third-order valence-electron chi connectivity index (χ3n) is 7.66. The molecule has 4 rings (SSSR count). The van der Waals surface area contributed by atoms with Gasteiger partial charge in [0.25, 0.3) is 10.0 Å². The molecule has 1 N–H and O–H groups in total. The summed E-state index contributed by atoms with van der Waals surface area (Å²) in [7, 11) is 1.53. The van der Waals surface area contributed by atoms with Crippen LogP contribution in [0.15, 0.2) is 102 Å². The van der Waals surface area contributed by atoms with E-state index in [0.717, 1.165) is 9.87 Å². The minimum absolute atomic E-state index is 0.00841. The molecule has 0 aliphatic heterocycles. The molecule has 0 radical (unpaired) electrons. The average Bonchev–Trinajstić information content (AvgIpc) is 3.12. The molecule has 0 spiro atoms. The number of methoxy groups -OCH3 is 3. The Morgan fingerprint density at radius 2 is 1.46 bits per heavy atom. The first-order chi connectivity index (χ1) is 23.1. The third kappa shape index (κ3) is 8.56. The molecule has 12 heteroatoms. The molecule has 0 heterocycles. The van der Waals surface area contributed by atoms with Crippen molar-refractivity contribution in [2.45, 2.75) is 30.8 Å². The van der Waals surface area contributed by atoms with Crippen molar-refractivity contribution in [1.29, 1.82) is 0 Å². The van der Waals surface area contributed by atoms with Gasteiger partial charge < -0.3 is 29.2 Å². The minimum atomic E-state index is -4.37. The van der Waals surface area contributed by atoms with E-state index in [4.69, 9.17) is 18.9 Å². The third-order valence-corrected chi connectivity index (χ3v) is 9.43. The number of carbonyl (C=O) groups is 2. The average molecular weight is 676 g/mol. The summed E-state index contributed by atoms with van der Waals surface area (Å²) in [6.45, 7) is 1.66. The molecule has 0 aliphatic carbocycles. The smallest absolute Gasteiger partial charge is 0.264 e. The molecule has 1 atom stereocenters. The lowest BCUT2D eigenvalue weighted by Gasteiger charge is -2.33. The van der Waals surface area contributed by atoms with Crippen LogP contribution in [0.25, 0.3) is 0 Å². The SMILES string of the molecule is CCOc1ccc(N(CC(=O)N(Cc2cccc(OC)c2)C(Cc2ccccc2)C(=O)NC)S(=O)(=O)c2ccc(OC)c(OC)c2)cc1. The molecule has 48 heavy (non-hydrogen) atoms. The monoisotopic (exact) mass is 675 g/mol. The number of rotatable bonds is 16. The highest BCUT2D eigenvalue weighted by molar-refractivity contribution is 7.92. The number of carbonyl (C=O) groups excluding carboxylic acids is 2. The first-order valence-electron chi connectivity index (χ1n) is 15.3. The fourth-order valence-electron chi connectivity index (χ4n) is 5.20. The van der Waals surface area contributed by atoms with Crippen LogP contribution in [0, 0.1) is 0 Å². The van der Waals surface area contributed by atoms with Crippen molar-refractivity contribution in [2.75, 3.05) is 45.8 Å². The summed E-state index contributed by atoms with van der Waals surface area (Å²) in [6.07, 6.45) is 0.196. The van der Waals surface area contributed by atoms with Gasteiger partial charge in [-0.25, -0.2) is 8.42 Å². The molecule has 0 bridgehead atoms. The van der Waals surface area contributed by atoms with Gasteiger partial charge in [-0.2, -0.15) is 0 Å². The molecule has 11 nitrogen and oxygen atoms in total. The van der Waals surface area contributed by atoms with Gasteiger partial charge in [-0.15, -0.1) is 0 Å². The predicted molar refractivity (Wildman–Crippen MR) is 183 cm³/mol. The second-order valence-corrected chi connectivity index (χ2v) is 12.5. The Labute approximate surface area is 282 Å². The maximum Gasteiger partial charge on any atom is 0.264 e. The molecule has 0 aliphatic rings. The van der Waals surface area contributed by atoms with Gasteiger partial charge in [0.2, 0.25) is 11.8 Å². The van der Waals surface area contributed by atoms with Crippen LogP contribution in [0.2, 0.25) is 0 Å². The van der Waals surface area contributed by atoms with E-state index in [2.05, 4.69) is 5.32 Å². The number of ether oxygens (including phenoxy) is 4. The number of nitrogens with zero attached hydrogens (tertiary/aromatic N) is 2. The summed E-state index contributed by atoms with van der Waals surface area (Å²) < 4.78 is 51.5. The zero-order valence-electron chi connectivity index (χ0n) is 27.7. The number of benzene rings is 4. The predicted octanol–water partition coefficient (Wildman–Crippen LogP) is 4.69. The number of amides is 2. The van der Waals surface area contributed by atoms with Crippen LogP contribution in [0.5, 0.6) is 23.0 Å². The van der Waals surface area contributed by atoms with Crippen molar-refractivity contribution in [2.24, 2.45) is 0 Å². The van der Waals surface area contributed by atoms with Crippen molar-refractivity contribution < 1.29 is 37.0 Å². The summed E-state index contributed by atoms with van der Waals surface area (Å²) in [4.78, 5) is 29.3. The lowest BCUT2D eigenvalue weighted by Crippen LogP contribution is -2.53. The van der Waals surface area contributed by atoms with Gasteiger partial charge in [-0.3, -0.25) is 13.9 Å². The normalized spacial score (nSPS) is 11.6. The Balaban J connectivity index is 1.82. The van der Waals surface area contributed by atoms with Gasteiger partial charge in [0, 0.05) is 26.1 Å². The molecule has 0 saturated carbocycles. The molecule has 4 aromatic carbocycles. The van der Waals surface area contributed by atoms with Crippen LogP contribution < -0.4 is 28.6 Å². The lowest BCUT2D eigenvalue weighted by atomic mass is 10.0. The Hall–Kier alpha value is -5.23. The van der Waals surface area contributed by atoms with Crippen LogP contribution in [0.1, 0.15) is 18.1 Å². The first-order valence-corrected chi connectivity index (χ1v) is 16.7. The maximum absolute atomic E-state index is 14.5. The minimum Gasteiger partial charge on any atom is -0.497 e. The van der Waals surface area contributed by atoms with Crippen molar-refractivity contribution in [3.63, 3.8) is 0 Å². The highest BCUT2D eigenvalue weighted by Gasteiger charge is 2.35. The highest BCUT2D eigenvalue weighted by Crippen LogP contribution is 2.33. The maximum atomic E-state index is 14.5. The van der Waals surface area contributed by atoms with E-state index in [-0.39, 0.29) is 29.3 Å². The number of likely N-dealkylation sites (N-methyl/N-ethyl adjacent to an activating group) is 1. The summed E-state index contributed by atoms with van der Waals surface area (Å²) >= 11 is 0. The Morgan fingerprint density at radius 3 is 2.08 bits per heavy atom. The summed E-state index contributed by atoms with van der Waals surface area (Å²) in [5.74, 6) is 0.674. The van der Waals surface area contributed by atoms with Crippen molar-refractivity contribution in [1.82, 2.24) is 10.2 Å². The lowest BCUT2D eigenvalue weighted by molar-refractivity contribution is -0.139. The van der Waals surface area contributed by atoms with Gasteiger partial charge in [-0.05, 0) is 66.6 Å². The molecule has 254 valence electrons. The summed E-state index contributed by atoms with van der Waals surface area (Å²) in [6, 6.07) is 26.1. The Kier molecular flexibility index (Phi) is 12.3. The van der Waals surface area contributed by atoms with Gasteiger partial charge in [-0.1, -0.05) is 42.5 Å². The zero-order chi connectivity index (χ0) is 34.7. The second-order valence-electron chi connectivity index (χ2n) is 10.6. The van der Waals surface area contributed by atoms with Crippen molar-refractivity contribution in [3.05, 3.63) is 108 Å². The van der Waals surface area contributed by atoms with Crippen LogP contribution in [-0.2, 0) is 32.6 Å². The van der Waals surface area contributed by atoms with E-state index in [1.165, 1.54) is 44.4 Å². The number of nitrogens with one attached hydrogen (secondary N) is 1. The van der Waals surface area contributed by atoms with E-state index in [0.29, 0.717) is 29.4 Å². The van der Waals surface area contributed by atoms with E-state index in [9.17, 15) is 18.0 Å². The van der Waals surface area contributed by atoms with E-state index < -0.39 is 34.4 Å². The van der Waals surface area contributed by atoms with E-state index in [1.54, 1.807) is 49.6 Å². The van der Waals surface area contributed by atoms with Gasteiger partial charge in [0.1, 0.15) is 24.1 Å².